The minimum Gasteiger partial charge on any atom is -0.481 e. The molecule has 0 aliphatic carbocycles. The van der Waals surface area contributed by atoms with Crippen LogP contribution < -0.4 is 5.32 Å². The van der Waals surface area contributed by atoms with Gasteiger partial charge in [-0.05, 0) is 67.9 Å². The number of rotatable bonds is 10. The fourth-order valence-corrected chi connectivity index (χ4v) is 5.34. The lowest BCUT2D eigenvalue weighted by molar-refractivity contribution is -0.137. The number of hydrogen-bond donors (Lipinski definition) is 2. The largest absolute Gasteiger partial charge is 0.481 e. The molecular weight excluding hydrogens is 460 g/mol. The number of aromatic nitrogens is 2. The van der Waals surface area contributed by atoms with Gasteiger partial charge in [-0.2, -0.15) is 0 Å². The number of hydrogen-bond acceptors (Lipinski definition) is 6. The molecule has 184 valence electrons. The van der Waals surface area contributed by atoms with Crippen molar-refractivity contribution >= 4 is 29.0 Å². The zero-order valence-electron chi connectivity index (χ0n) is 20.3. The number of pyridine rings is 1. The first-order valence-corrected chi connectivity index (χ1v) is 13.0. The summed E-state index contributed by atoms with van der Waals surface area (Å²) in [5.41, 5.74) is 4.87. The first kappa shape index (κ1) is 24.9. The van der Waals surface area contributed by atoms with E-state index >= 15 is 0 Å². The number of benzene rings is 1. The molecule has 1 atom stereocenters. The Hall–Kier alpha value is -3.26. The Bertz CT molecular complexity index is 1170. The maximum atomic E-state index is 12.2. The Morgan fingerprint density at radius 1 is 1.06 bits per heavy atom. The van der Waals surface area contributed by atoms with Gasteiger partial charge in [0.25, 0.3) is 5.91 Å². The summed E-state index contributed by atoms with van der Waals surface area (Å²) in [5, 5.41) is 15.7. The van der Waals surface area contributed by atoms with E-state index in [2.05, 4.69) is 17.4 Å². The number of nitrogens with zero attached hydrogens (tertiary/aromatic N) is 3. The molecule has 0 bridgehead atoms. The van der Waals surface area contributed by atoms with Gasteiger partial charge in [-0.25, -0.2) is 9.97 Å². The minimum absolute atomic E-state index is 0.0358. The second kappa shape index (κ2) is 11.4. The van der Waals surface area contributed by atoms with E-state index in [0.717, 1.165) is 66.4 Å². The van der Waals surface area contributed by atoms with Crippen LogP contribution in [0.25, 0.3) is 0 Å². The normalized spacial score (nSPS) is 13.5. The molecule has 1 amide bonds. The van der Waals surface area contributed by atoms with Crippen molar-refractivity contribution in [2.24, 2.45) is 0 Å². The van der Waals surface area contributed by atoms with Gasteiger partial charge in [0.2, 0.25) is 0 Å². The minimum atomic E-state index is -0.868. The number of unbranched alkanes of at least 4 members (excludes halogenated alkanes) is 1. The highest BCUT2D eigenvalue weighted by atomic mass is 32.1. The van der Waals surface area contributed by atoms with Gasteiger partial charge >= 0.3 is 5.97 Å². The number of aryl methyl sites for hydroxylation is 3. The summed E-state index contributed by atoms with van der Waals surface area (Å²) in [5.74, 6) is -0.236. The van der Waals surface area contributed by atoms with Crippen LogP contribution in [0.1, 0.15) is 69.5 Å². The van der Waals surface area contributed by atoms with Gasteiger partial charge in [0.1, 0.15) is 10.8 Å². The number of anilines is 1. The van der Waals surface area contributed by atoms with Crippen molar-refractivity contribution in [3.8, 4) is 0 Å². The average Bonchev–Trinajstić information content (AvgIpc) is 3.33. The van der Waals surface area contributed by atoms with Crippen LogP contribution in [0.4, 0.5) is 5.82 Å². The number of carbonyl (C=O) groups is 2. The lowest BCUT2D eigenvalue weighted by atomic mass is 9.95. The number of carboxylic acid groups (broad SMARTS) is 1. The standard InChI is InChI=1S/C27H32N4O3S/c1-31(2)27(34)20-11-9-18(10-12-20)23(16-24(32)33)26-30-22(17-35-26)8-4-3-7-21-14-13-19-6-5-15-28-25(19)29-21/h9-14,17,23H,3-8,15-16H2,1-2H3,(H,28,29)(H,32,33). The number of carboxylic acids is 1. The van der Waals surface area contributed by atoms with Crippen molar-refractivity contribution in [1.82, 2.24) is 14.9 Å². The van der Waals surface area contributed by atoms with Gasteiger partial charge in [0.15, 0.2) is 0 Å². The molecule has 3 aromatic rings. The molecule has 4 rings (SSSR count). The van der Waals surface area contributed by atoms with Crippen LogP contribution in [0.5, 0.6) is 0 Å². The lowest BCUT2D eigenvalue weighted by Crippen LogP contribution is -2.21. The lowest BCUT2D eigenvalue weighted by Gasteiger charge is -2.17. The van der Waals surface area contributed by atoms with Crippen LogP contribution in [0.15, 0.2) is 41.8 Å². The molecular formula is C27H32N4O3S. The highest BCUT2D eigenvalue weighted by molar-refractivity contribution is 7.09. The molecule has 1 aliphatic heterocycles. The average molecular weight is 493 g/mol. The predicted octanol–water partition coefficient (Wildman–Crippen LogP) is 4.77. The number of aliphatic carboxylic acids is 1. The predicted molar refractivity (Wildman–Crippen MR) is 138 cm³/mol. The summed E-state index contributed by atoms with van der Waals surface area (Å²) in [6, 6.07) is 11.5. The zero-order valence-corrected chi connectivity index (χ0v) is 21.1. The molecule has 0 radical (unpaired) electrons. The van der Waals surface area contributed by atoms with Crippen LogP contribution in [0.2, 0.25) is 0 Å². The Morgan fingerprint density at radius 2 is 1.80 bits per heavy atom. The molecule has 1 aromatic carbocycles. The molecule has 7 nitrogen and oxygen atoms in total. The Labute approximate surface area is 210 Å². The summed E-state index contributed by atoms with van der Waals surface area (Å²) in [4.78, 5) is 34.8. The third kappa shape index (κ3) is 6.45. The second-order valence-electron chi connectivity index (χ2n) is 9.20. The van der Waals surface area contributed by atoms with Crippen molar-refractivity contribution in [3.05, 3.63) is 74.9 Å². The molecule has 0 saturated carbocycles. The summed E-state index contributed by atoms with van der Waals surface area (Å²) >= 11 is 1.51. The van der Waals surface area contributed by atoms with Crippen LogP contribution >= 0.6 is 11.3 Å². The topological polar surface area (TPSA) is 95.4 Å². The highest BCUT2D eigenvalue weighted by Gasteiger charge is 2.22. The molecule has 1 unspecified atom stereocenters. The molecule has 3 heterocycles. The number of amides is 1. The highest BCUT2D eigenvalue weighted by Crippen LogP contribution is 2.31. The van der Waals surface area contributed by atoms with Crippen LogP contribution in [-0.4, -0.2) is 52.5 Å². The molecule has 1 aliphatic rings. The summed E-state index contributed by atoms with van der Waals surface area (Å²) in [6.45, 7) is 0.997. The number of carbonyl (C=O) groups excluding carboxylic acids is 1. The van der Waals surface area contributed by atoms with E-state index in [9.17, 15) is 14.7 Å². The van der Waals surface area contributed by atoms with Gasteiger partial charge in [-0.1, -0.05) is 18.2 Å². The molecule has 2 aromatic heterocycles. The number of fused-ring (bicyclic) bond motifs is 1. The summed E-state index contributed by atoms with van der Waals surface area (Å²) in [6.07, 6.45) is 6.05. The zero-order chi connectivity index (χ0) is 24.8. The second-order valence-corrected chi connectivity index (χ2v) is 10.1. The van der Waals surface area contributed by atoms with E-state index in [-0.39, 0.29) is 18.2 Å². The molecule has 0 fully saturated rings. The van der Waals surface area contributed by atoms with E-state index in [1.807, 2.05) is 17.5 Å². The molecule has 0 saturated heterocycles. The molecule has 35 heavy (non-hydrogen) atoms. The Morgan fingerprint density at radius 3 is 2.51 bits per heavy atom. The van der Waals surface area contributed by atoms with E-state index in [1.54, 1.807) is 26.2 Å². The van der Waals surface area contributed by atoms with Crippen molar-refractivity contribution < 1.29 is 14.7 Å². The third-order valence-corrected chi connectivity index (χ3v) is 7.29. The molecule has 0 spiro atoms. The monoisotopic (exact) mass is 492 g/mol. The van der Waals surface area contributed by atoms with E-state index in [4.69, 9.17) is 9.97 Å². The van der Waals surface area contributed by atoms with E-state index in [0.29, 0.717) is 5.56 Å². The quantitative estimate of drug-likeness (QED) is 0.396. The van der Waals surface area contributed by atoms with Crippen LogP contribution in [-0.2, 0) is 24.1 Å². The Kier molecular flexibility index (Phi) is 8.13. The number of thiazole rings is 1. The van der Waals surface area contributed by atoms with Gasteiger partial charge in [-0.3, -0.25) is 9.59 Å². The van der Waals surface area contributed by atoms with Crippen LogP contribution in [0.3, 0.4) is 0 Å². The molecule has 2 N–H and O–H groups in total. The summed E-state index contributed by atoms with van der Waals surface area (Å²) in [7, 11) is 3.42. The smallest absolute Gasteiger partial charge is 0.304 e. The fourth-order valence-electron chi connectivity index (χ4n) is 4.36. The van der Waals surface area contributed by atoms with E-state index in [1.165, 1.54) is 28.2 Å². The van der Waals surface area contributed by atoms with Gasteiger partial charge in [-0.15, -0.1) is 11.3 Å². The van der Waals surface area contributed by atoms with Crippen molar-refractivity contribution in [2.45, 2.75) is 50.9 Å². The van der Waals surface area contributed by atoms with Crippen molar-refractivity contribution in [2.75, 3.05) is 26.0 Å². The first-order valence-electron chi connectivity index (χ1n) is 12.1. The van der Waals surface area contributed by atoms with Crippen molar-refractivity contribution in [1.29, 1.82) is 0 Å². The maximum Gasteiger partial charge on any atom is 0.304 e. The van der Waals surface area contributed by atoms with Gasteiger partial charge in [0.05, 0.1) is 12.1 Å². The van der Waals surface area contributed by atoms with Crippen LogP contribution in [0, 0.1) is 0 Å². The fraction of sp³-hybridized carbons (Fsp3) is 0.407. The SMILES string of the molecule is CN(C)C(=O)c1ccc(C(CC(=O)O)c2nc(CCCCc3ccc4c(n3)NCCC4)cs2)cc1. The number of nitrogens with one attached hydrogen (secondary N) is 1. The molecule has 8 heteroatoms. The first-order chi connectivity index (χ1) is 16.9. The maximum absolute atomic E-state index is 12.2. The summed E-state index contributed by atoms with van der Waals surface area (Å²) < 4.78 is 0. The van der Waals surface area contributed by atoms with Crippen molar-refractivity contribution in [3.63, 3.8) is 0 Å². The third-order valence-electron chi connectivity index (χ3n) is 6.28. The van der Waals surface area contributed by atoms with Gasteiger partial charge in [0, 0.05) is 43.2 Å². The Balaban J connectivity index is 1.36. The van der Waals surface area contributed by atoms with E-state index < -0.39 is 5.97 Å². The van der Waals surface area contributed by atoms with Gasteiger partial charge < -0.3 is 15.3 Å².